The van der Waals surface area contributed by atoms with Crippen LogP contribution >= 0.6 is 0 Å². The van der Waals surface area contributed by atoms with E-state index in [1.807, 2.05) is 6.07 Å². The normalized spacial score (nSPS) is 23.0. The van der Waals surface area contributed by atoms with E-state index in [-0.39, 0.29) is 0 Å². The Morgan fingerprint density at radius 3 is 2.71 bits per heavy atom. The van der Waals surface area contributed by atoms with Crippen molar-refractivity contribution in [2.75, 3.05) is 6.54 Å². The Balaban J connectivity index is 2.75. The highest BCUT2D eigenvalue weighted by Gasteiger charge is 2.36. The number of nitrogens with zero attached hydrogens (tertiary/aromatic N) is 2. The average Bonchev–Trinajstić information content (AvgIpc) is 2.15. The standard InChI is InChI=1S/C10H15FN2O/c1-10(2,11)9(14)13-6-4-3-5-8(13)7-12/h8H,3-6H2,1-2H3. The minimum Gasteiger partial charge on any atom is -0.324 e. The van der Waals surface area contributed by atoms with Crippen molar-refractivity contribution in [1.29, 1.82) is 5.26 Å². The van der Waals surface area contributed by atoms with E-state index in [1.54, 1.807) is 0 Å². The molecular formula is C10H15FN2O. The van der Waals surface area contributed by atoms with Crippen LogP contribution in [0.3, 0.4) is 0 Å². The number of rotatable bonds is 1. The summed E-state index contributed by atoms with van der Waals surface area (Å²) in [6, 6.07) is 1.61. The summed E-state index contributed by atoms with van der Waals surface area (Å²) in [6.45, 7) is 2.97. The number of alkyl halides is 1. The topological polar surface area (TPSA) is 44.1 Å². The molecule has 1 aliphatic heterocycles. The zero-order valence-electron chi connectivity index (χ0n) is 8.59. The lowest BCUT2D eigenvalue weighted by molar-refractivity contribution is -0.144. The molecule has 1 heterocycles. The van der Waals surface area contributed by atoms with Gasteiger partial charge in [-0.3, -0.25) is 4.79 Å². The first kappa shape index (κ1) is 11.0. The average molecular weight is 198 g/mol. The number of hydrogen-bond acceptors (Lipinski definition) is 2. The van der Waals surface area contributed by atoms with E-state index in [9.17, 15) is 9.18 Å². The fourth-order valence-electron chi connectivity index (χ4n) is 1.65. The predicted molar refractivity (Wildman–Crippen MR) is 50.2 cm³/mol. The molecule has 0 aromatic heterocycles. The van der Waals surface area contributed by atoms with Crippen molar-refractivity contribution in [1.82, 2.24) is 4.90 Å². The number of nitriles is 1. The second-order valence-electron chi connectivity index (χ2n) is 4.11. The van der Waals surface area contributed by atoms with Gasteiger partial charge in [0.15, 0.2) is 5.67 Å². The maximum absolute atomic E-state index is 13.4. The van der Waals surface area contributed by atoms with Gasteiger partial charge in [-0.25, -0.2) is 4.39 Å². The molecule has 0 spiro atoms. The van der Waals surface area contributed by atoms with Crippen LogP contribution in [0, 0.1) is 11.3 Å². The molecule has 4 heteroatoms. The summed E-state index contributed by atoms with van der Waals surface area (Å²) in [5, 5.41) is 8.81. The number of halogens is 1. The molecule has 78 valence electrons. The smallest absolute Gasteiger partial charge is 0.260 e. The van der Waals surface area contributed by atoms with Crippen molar-refractivity contribution in [2.45, 2.75) is 44.8 Å². The molecule has 0 aromatic carbocycles. The predicted octanol–water partition coefficient (Wildman–Crippen LogP) is 1.64. The Morgan fingerprint density at radius 1 is 1.57 bits per heavy atom. The Hall–Kier alpha value is -1.11. The van der Waals surface area contributed by atoms with E-state index in [0.29, 0.717) is 13.0 Å². The molecule has 0 bridgehead atoms. The highest BCUT2D eigenvalue weighted by atomic mass is 19.1. The summed E-state index contributed by atoms with van der Waals surface area (Å²) in [7, 11) is 0. The lowest BCUT2D eigenvalue weighted by Gasteiger charge is -2.34. The van der Waals surface area contributed by atoms with Gasteiger partial charge in [0, 0.05) is 6.54 Å². The third-order valence-electron chi connectivity index (χ3n) is 2.42. The monoisotopic (exact) mass is 198 g/mol. The van der Waals surface area contributed by atoms with Gasteiger partial charge in [-0.05, 0) is 33.1 Å². The van der Waals surface area contributed by atoms with Gasteiger partial charge >= 0.3 is 0 Å². The Morgan fingerprint density at radius 2 is 2.21 bits per heavy atom. The zero-order valence-corrected chi connectivity index (χ0v) is 8.59. The Kier molecular flexibility index (Phi) is 3.10. The molecule has 1 fully saturated rings. The molecule has 1 amide bonds. The van der Waals surface area contributed by atoms with Crippen molar-refractivity contribution in [2.24, 2.45) is 0 Å². The van der Waals surface area contributed by atoms with E-state index >= 15 is 0 Å². The first-order valence-corrected chi connectivity index (χ1v) is 4.86. The molecule has 0 aromatic rings. The summed E-state index contributed by atoms with van der Waals surface area (Å²) in [4.78, 5) is 13.0. The lowest BCUT2D eigenvalue weighted by atomic mass is 10.0. The summed E-state index contributed by atoms with van der Waals surface area (Å²) in [5.74, 6) is -0.566. The molecule has 1 saturated heterocycles. The van der Waals surface area contributed by atoms with Gasteiger partial charge in [-0.15, -0.1) is 0 Å². The minimum atomic E-state index is -1.87. The van der Waals surface area contributed by atoms with Crippen LogP contribution in [0.4, 0.5) is 4.39 Å². The number of carbonyl (C=O) groups is 1. The Bertz CT molecular complexity index is 264. The molecule has 0 aliphatic carbocycles. The van der Waals surface area contributed by atoms with Crippen LogP contribution in [0.2, 0.25) is 0 Å². The van der Waals surface area contributed by atoms with Crippen molar-refractivity contribution < 1.29 is 9.18 Å². The van der Waals surface area contributed by atoms with Crippen LogP contribution in [0.1, 0.15) is 33.1 Å². The molecule has 0 N–H and O–H groups in total. The minimum absolute atomic E-state index is 0.439. The van der Waals surface area contributed by atoms with Crippen LogP contribution in [-0.2, 0) is 4.79 Å². The van der Waals surface area contributed by atoms with Gasteiger partial charge in [0.05, 0.1) is 6.07 Å². The van der Waals surface area contributed by atoms with Gasteiger partial charge in [-0.2, -0.15) is 5.26 Å². The molecular weight excluding hydrogens is 183 g/mol. The first-order chi connectivity index (χ1) is 6.46. The van der Waals surface area contributed by atoms with Crippen LogP contribution in [0.15, 0.2) is 0 Å². The summed E-state index contributed by atoms with van der Waals surface area (Å²) < 4.78 is 13.4. The molecule has 0 saturated carbocycles. The van der Waals surface area contributed by atoms with Crippen molar-refractivity contribution >= 4 is 5.91 Å². The van der Waals surface area contributed by atoms with Crippen LogP contribution in [0.25, 0.3) is 0 Å². The second kappa shape index (κ2) is 3.95. The number of hydrogen-bond donors (Lipinski definition) is 0. The molecule has 1 unspecified atom stereocenters. The summed E-state index contributed by atoms with van der Waals surface area (Å²) in [5.41, 5.74) is -1.87. The summed E-state index contributed by atoms with van der Waals surface area (Å²) in [6.07, 6.45) is 2.47. The first-order valence-electron chi connectivity index (χ1n) is 4.86. The van der Waals surface area contributed by atoms with Crippen LogP contribution in [-0.4, -0.2) is 29.1 Å². The molecule has 0 radical (unpaired) electrons. The quantitative estimate of drug-likeness (QED) is 0.643. The third kappa shape index (κ3) is 2.22. The third-order valence-corrected chi connectivity index (χ3v) is 2.42. The van der Waals surface area contributed by atoms with Gasteiger partial charge in [-0.1, -0.05) is 0 Å². The second-order valence-corrected chi connectivity index (χ2v) is 4.11. The SMILES string of the molecule is CC(C)(F)C(=O)N1CCCCC1C#N. The van der Waals surface area contributed by atoms with E-state index in [4.69, 9.17) is 5.26 Å². The maximum atomic E-state index is 13.4. The van der Waals surface area contributed by atoms with Crippen molar-refractivity contribution in [3.05, 3.63) is 0 Å². The molecule has 14 heavy (non-hydrogen) atoms. The summed E-state index contributed by atoms with van der Waals surface area (Å²) >= 11 is 0. The van der Waals surface area contributed by atoms with Crippen molar-refractivity contribution in [3.63, 3.8) is 0 Å². The maximum Gasteiger partial charge on any atom is 0.260 e. The fourth-order valence-corrected chi connectivity index (χ4v) is 1.65. The van der Waals surface area contributed by atoms with Gasteiger partial charge in [0.2, 0.25) is 0 Å². The van der Waals surface area contributed by atoms with E-state index in [2.05, 4.69) is 0 Å². The number of carbonyl (C=O) groups excluding carboxylic acids is 1. The molecule has 1 rings (SSSR count). The zero-order chi connectivity index (χ0) is 10.8. The van der Waals surface area contributed by atoms with E-state index < -0.39 is 17.6 Å². The van der Waals surface area contributed by atoms with Gasteiger partial charge in [0.25, 0.3) is 5.91 Å². The molecule has 3 nitrogen and oxygen atoms in total. The number of likely N-dealkylation sites (tertiary alicyclic amines) is 1. The number of amides is 1. The fraction of sp³-hybridized carbons (Fsp3) is 0.800. The highest BCUT2D eigenvalue weighted by molar-refractivity contribution is 5.84. The van der Waals surface area contributed by atoms with Crippen LogP contribution < -0.4 is 0 Å². The lowest BCUT2D eigenvalue weighted by Crippen LogP contribution is -2.49. The van der Waals surface area contributed by atoms with Gasteiger partial charge in [0.1, 0.15) is 6.04 Å². The van der Waals surface area contributed by atoms with Crippen LogP contribution in [0.5, 0.6) is 0 Å². The van der Waals surface area contributed by atoms with E-state index in [0.717, 1.165) is 12.8 Å². The van der Waals surface area contributed by atoms with Crippen molar-refractivity contribution in [3.8, 4) is 6.07 Å². The Labute approximate surface area is 83.5 Å². The molecule has 1 aliphatic rings. The van der Waals surface area contributed by atoms with E-state index in [1.165, 1.54) is 18.7 Å². The number of piperidine rings is 1. The molecule has 1 atom stereocenters. The largest absolute Gasteiger partial charge is 0.324 e. The van der Waals surface area contributed by atoms with Gasteiger partial charge < -0.3 is 4.90 Å². The highest BCUT2D eigenvalue weighted by Crippen LogP contribution is 2.21.